The van der Waals surface area contributed by atoms with E-state index in [4.69, 9.17) is 23.2 Å². The number of carbonyl (C=O) groups is 2. The molecule has 1 aromatic heterocycles. The normalized spacial score (nSPS) is 11.8. The summed E-state index contributed by atoms with van der Waals surface area (Å²) in [6.07, 6.45) is 0. The van der Waals surface area contributed by atoms with E-state index >= 15 is 0 Å². The largest absolute Gasteiger partial charge is 0.349 e. The number of hydrogen-bond donors (Lipinski definition) is 2. The van der Waals surface area contributed by atoms with E-state index in [0.717, 1.165) is 20.1 Å². The van der Waals surface area contributed by atoms with Gasteiger partial charge in [0.25, 0.3) is 5.91 Å². The van der Waals surface area contributed by atoms with Gasteiger partial charge in [0.15, 0.2) is 4.34 Å². The minimum absolute atomic E-state index is 0.0524. The lowest BCUT2D eigenvalue weighted by molar-refractivity contribution is -0.119. The molecule has 9 heteroatoms. The Bertz CT molecular complexity index is 1310. The second-order valence-corrected chi connectivity index (χ2v) is 10.3. The van der Waals surface area contributed by atoms with Crippen molar-refractivity contribution in [3.8, 4) is 0 Å². The van der Waals surface area contributed by atoms with Gasteiger partial charge in [-0.15, -0.1) is 11.3 Å². The van der Waals surface area contributed by atoms with Crippen molar-refractivity contribution in [1.29, 1.82) is 0 Å². The minimum atomic E-state index is -0.320. The second-order valence-electron chi connectivity index (χ2n) is 7.23. The molecule has 0 aliphatic heterocycles. The number of thioether (sulfide) groups is 1. The molecule has 2 N–H and O–H groups in total. The van der Waals surface area contributed by atoms with Crippen LogP contribution < -0.4 is 10.6 Å². The van der Waals surface area contributed by atoms with E-state index in [1.807, 2.05) is 49.4 Å². The van der Waals surface area contributed by atoms with Gasteiger partial charge in [0.2, 0.25) is 5.91 Å². The number of carbonyl (C=O) groups excluding carboxylic acids is 2. The molecule has 168 valence electrons. The fraction of sp³-hybridized carbons (Fsp3) is 0.125. The van der Waals surface area contributed by atoms with Gasteiger partial charge in [-0.3, -0.25) is 9.59 Å². The molecule has 4 aromatic rings. The number of hydrogen-bond acceptors (Lipinski definition) is 5. The second kappa shape index (κ2) is 10.6. The van der Waals surface area contributed by atoms with E-state index < -0.39 is 0 Å². The van der Waals surface area contributed by atoms with Crippen LogP contribution in [0.15, 0.2) is 71.1 Å². The highest BCUT2D eigenvalue weighted by atomic mass is 35.5. The number of rotatable bonds is 7. The fourth-order valence-corrected chi connectivity index (χ4v) is 5.56. The standard InChI is InChI=1S/C24H19Cl2N3O2S2/c1-14(15-5-3-2-4-6-15)27-22(30)13-32-24-29-20-10-8-17(12-21(20)33-24)28-23(31)18-9-7-16(25)11-19(18)26/h2-12,14H,13H2,1H3,(H,27,30)(H,28,31)/t14-/m0/s1. The molecule has 2 amide bonds. The number of benzene rings is 3. The molecule has 0 saturated carbocycles. The Morgan fingerprint density at radius 2 is 1.85 bits per heavy atom. The summed E-state index contributed by atoms with van der Waals surface area (Å²) in [5, 5.41) is 6.61. The average molecular weight is 516 g/mol. The van der Waals surface area contributed by atoms with Gasteiger partial charge in [-0.05, 0) is 48.9 Å². The first kappa shape index (κ1) is 23.6. The highest BCUT2D eigenvalue weighted by Gasteiger charge is 2.14. The quantitative estimate of drug-likeness (QED) is 0.264. The lowest BCUT2D eigenvalue weighted by Gasteiger charge is -2.13. The first-order chi connectivity index (χ1) is 15.9. The lowest BCUT2D eigenvalue weighted by atomic mass is 10.1. The maximum atomic E-state index is 12.6. The Kier molecular flexibility index (Phi) is 7.55. The number of halogens is 2. The Morgan fingerprint density at radius 1 is 1.06 bits per heavy atom. The third-order valence-corrected chi connectivity index (χ3v) is 7.52. The molecule has 5 nitrogen and oxygen atoms in total. The van der Waals surface area contributed by atoms with Crippen LogP contribution in [0, 0.1) is 0 Å². The van der Waals surface area contributed by atoms with Gasteiger partial charge < -0.3 is 10.6 Å². The number of anilines is 1. The van der Waals surface area contributed by atoms with Gasteiger partial charge in [-0.25, -0.2) is 4.98 Å². The number of thiazole rings is 1. The van der Waals surface area contributed by atoms with E-state index in [9.17, 15) is 9.59 Å². The van der Waals surface area contributed by atoms with Crippen molar-refractivity contribution in [3.63, 3.8) is 0 Å². The molecule has 33 heavy (non-hydrogen) atoms. The van der Waals surface area contributed by atoms with Crippen LogP contribution in [0.1, 0.15) is 28.9 Å². The summed E-state index contributed by atoms with van der Waals surface area (Å²) < 4.78 is 1.70. The molecular formula is C24H19Cl2N3O2S2. The maximum absolute atomic E-state index is 12.6. The van der Waals surface area contributed by atoms with Crippen LogP contribution in [0.2, 0.25) is 10.0 Å². The predicted octanol–water partition coefficient (Wildman–Crippen LogP) is 6.82. The summed E-state index contributed by atoms with van der Waals surface area (Å²) >= 11 is 14.9. The predicted molar refractivity (Wildman–Crippen MR) is 138 cm³/mol. The molecule has 3 aromatic carbocycles. The molecule has 0 saturated heterocycles. The highest BCUT2D eigenvalue weighted by Crippen LogP contribution is 2.32. The summed E-state index contributed by atoms with van der Waals surface area (Å²) in [5.41, 5.74) is 2.85. The van der Waals surface area contributed by atoms with Crippen molar-refractivity contribution in [2.24, 2.45) is 0 Å². The minimum Gasteiger partial charge on any atom is -0.349 e. The molecule has 0 radical (unpaired) electrons. The molecular weight excluding hydrogens is 497 g/mol. The zero-order valence-electron chi connectivity index (χ0n) is 17.5. The van der Waals surface area contributed by atoms with Crippen LogP contribution in [-0.4, -0.2) is 22.6 Å². The van der Waals surface area contributed by atoms with Crippen LogP contribution in [0.4, 0.5) is 5.69 Å². The third-order valence-electron chi connectivity index (χ3n) is 4.81. The zero-order chi connectivity index (χ0) is 23.4. The summed E-state index contributed by atoms with van der Waals surface area (Å²) in [4.78, 5) is 29.5. The van der Waals surface area contributed by atoms with Gasteiger partial charge in [0, 0.05) is 10.7 Å². The van der Waals surface area contributed by atoms with E-state index in [0.29, 0.717) is 16.3 Å². The first-order valence-corrected chi connectivity index (χ1v) is 12.6. The van der Waals surface area contributed by atoms with Gasteiger partial charge in [0.05, 0.1) is 32.6 Å². The Labute approximate surface area is 209 Å². The average Bonchev–Trinajstić information content (AvgIpc) is 3.20. The first-order valence-electron chi connectivity index (χ1n) is 10.0. The van der Waals surface area contributed by atoms with Gasteiger partial charge >= 0.3 is 0 Å². The van der Waals surface area contributed by atoms with Crippen molar-refractivity contribution in [1.82, 2.24) is 10.3 Å². The molecule has 1 atom stereocenters. The molecule has 0 aliphatic carbocycles. The molecule has 0 bridgehead atoms. The van der Waals surface area contributed by atoms with E-state index in [1.165, 1.54) is 29.2 Å². The maximum Gasteiger partial charge on any atom is 0.257 e. The smallest absolute Gasteiger partial charge is 0.257 e. The number of aromatic nitrogens is 1. The summed E-state index contributed by atoms with van der Waals surface area (Å²) in [6.45, 7) is 1.96. The Morgan fingerprint density at radius 3 is 2.61 bits per heavy atom. The Hall–Kier alpha value is -2.58. The van der Waals surface area contributed by atoms with Crippen LogP contribution in [0.25, 0.3) is 10.2 Å². The van der Waals surface area contributed by atoms with Gasteiger partial charge in [0.1, 0.15) is 0 Å². The fourth-order valence-electron chi connectivity index (χ4n) is 3.15. The van der Waals surface area contributed by atoms with Crippen LogP contribution in [-0.2, 0) is 4.79 Å². The van der Waals surface area contributed by atoms with Gasteiger partial charge in [-0.1, -0.05) is 65.3 Å². The monoisotopic (exact) mass is 515 g/mol. The molecule has 0 aliphatic rings. The molecule has 0 spiro atoms. The van der Waals surface area contributed by atoms with Crippen molar-refractivity contribution >= 4 is 74.0 Å². The van der Waals surface area contributed by atoms with Crippen molar-refractivity contribution < 1.29 is 9.59 Å². The molecule has 4 rings (SSSR count). The van der Waals surface area contributed by atoms with Crippen LogP contribution in [0.3, 0.4) is 0 Å². The Balaban J connectivity index is 1.37. The zero-order valence-corrected chi connectivity index (χ0v) is 20.6. The summed E-state index contributed by atoms with van der Waals surface area (Å²) in [7, 11) is 0. The topological polar surface area (TPSA) is 71.1 Å². The molecule has 0 fully saturated rings. The van der Waals surface area contributed by atoms with Gasteiger partial charge in [-0.2, -0.15) is 0 Å². The molecule has 1 heterocycles. The van der Waals surface area contributed by atoms with Crippen molar-refractivity contribution in [2.45, 2.75) is 17.3 Å². The third kappa shape index (κ3) is 6.06. The number of nitrogens with zero attached hydrogens (tertiary/aromatic N) is 1. The van der Waals surface area contributed by atoms with Crippen LogP contribution in [0.5, 0.6) is 0 Å². The highest BCUT2D eigenvalue weighted by molar-refractivity contribution is 8.01. The van der Waals surface area contributed by atoms with Crippen molar-refractivity contribution in [2.75, 3.05) is 11.1 Å². The SMILES string of the molecule is C[C@H](NC(=O)CSc1nc2ccc(NC(=O)c3ccc(Cl)cc3Cl)cc2s1)c1ccccc1. The van der Waals surface area contributed by atoms with Crippen LogP contribution >= 0.6 is 46.3 Å². The van der Waals surface area contributed by atoms with E-state index in [2.05, 4.69) is 15.6 Å². The van der Waals surface area contributed by atoms with Crippen molar-refractivity contribution in [3.05, 3.63) is 87.9 Å². The number of fused-ring (bicyclic) bond motifs is 1. The number of amides is 2. The van der Waals surface area contributed by atoms with E-state index in [-0.39, 0.29) is 28.6 Å². The number of nitrogens with one attached hydrogen (secondary N) is 2. The van der Waals surface area contributed by atoms with E-state index in [1.54, 1.807) is 18.2 Å². The summed E-state index contributed by atoms with van der Waals surface area (Å²) in [6, 6.07) is 20.0. The lowest BCUT2D eigenvalue weighted by Crippen LogP contribution is -2.28. The summed E-state index contributed by atoms with van der Waals surface area (Å²) in [5.74, 6) is -0.0990. The molecule has 0 unspecified atom stereocenters.